The molecule has 1 saturated heterocycles. The van der Waals surface area contributed by atoms with E-state index in [9.17, 15) is 28.8 Å². The van der Waals surface area contributed by atoms with Gasteiger partial charge in [-0.3, -0.25) is 14.5 Å². The van der Waals surface area contributed by atoms with E-state index in [2.05, 4.69) is 20.0 Å². The van der Waals surface area contributed by atoms with Crippen molar-refractivity contribution < 1.29 is 52.6 Å². The normalized spacial score (nSPS) is 20.5. The summed E-state index contributed by atoms with van der Waals surface area (Å²) in [7, 11) is -3.67. The Labute approximate surface area is 189 Å². The van der Waals surface area contributed by atoms with Crippen molar-refractivity contribution >= 4 is 49.1 Å². The molecule has 0 spiro atoms. The van der Waals surface area contributed by atoms with Gasteiger partial charge in [-0.05, 0) is 12.1 Å². The molecule has 2 aliphatic rings. The summed E-state index contributed by atoms with van der Waals surface area (Å²) in [6.45, 7) is -0.628. The number of furan rings is 1. The number of oxime groups is 1. The third kappa shape index (κ3) is 5.36. The number of nitrogens with one attached hydrogen (secondary N) is 2. The molecule has 0 bridgehead atoms. The van der Waals surface area contributed by atoms with Gasteiger partial charge in [0.05, 0.1) is 6.26 Å². The highest BCUT2D eigenvalue weighted by atomic mass is 32.2. The molecule has 1 aromatic rings. The van der Waals surface area contributed by atoms with Crippen molar-refractivity contribution in [2.75, 3.05) is 19.5 Å². The van der Waals surface area contributed by atoms with E-state index < -0.39 is 55.3 Å². The van der Waals surface area contributed by atoms with Crippen molar-refractivity contribution in [2.24, 2.45) is 5.16 Å². The van der Waals surface area contributed by atoms with Gasteiger partial charge in [0.25, 0.3) is 11.8 Å². The van der Waals surface area contributed by atoms with Gasteiger partial charge in [-0.2, -0.15) is 0 Å². The maximum atomic E-state index is 12.7. The second-order valence-electron chi connectivity index (χ2n) is 6.45. The van der Waals surface area contributed by atoms with E-state index in [0.29, 0.717) is 0 Å². The number of carboxylic acids is 1. The van der Waals surface area contributed by atoms with E-state index in [1.54, 1.807) is 0 Å². The van der Waals surface area contributed by atoms with Gasteiger partial charge in [0.15, 0.2) is 5.76 Å². The molecule has 15 nitrogen and oxygen atoms in total. The van der Waals surface area contributed by atoms with Crippen molar-refractivity contribution in [3.63, 3.8) is 0 Å². The molecule has 0 aliphatic carbocycles. The number of rotatable bonds is 8. The Hall–Kier alpha value is -3.33. The molecule has 3 rings (SSSR count). The van der Waals surface area contributed by atoms with E-state index in [1.807, 2.05) is 0 Å². The molecular weight excluding hydrogens is 487 g/mol. The first-order valence-electron chi connectivity index (χ1n) is 8.90. The predicted molar refractivity (Wildman–Crippen MR) is 108 cm³/mol. The number of carboxylic acid groups (broad SMARTS) is 1. The molecule has 2 atom stereocenters. The summed E-state index contributed by atoms with van der Waals surface area (Å²) in [6.07, 6.45) is -0.148. The van der Waals surface area contributed by atoms with Crippen molar-refractivity contribution in [3.8, 4) is 0 Å². The molecule has 33 heavy (non-hydrogen) atoms. The lowest BCUT2D eigenvalue weighted by Crippen LogP contribution is -2.71. The SMILES string of the molecule is CON=C(C(=O)NC1C(=O)N2C(C(=O)O)=C(COC(=O)NP(=O)(O)O)CS[C@@H]12)c1ccco1. The summed E-state index contributed by atoms with van der Waals surface area (Å²) in [5.74, 6) is -2.90. The van der Waals surface area contributed by atoms with Gasteiger partial charge in [0.1, 0.15) is 30.8 Å². The Morgan fingerprint density at radius 1 is 1.39 bits per heavy atom. The molecule has 0 aromatic carbocycles. The number of carbonyl (C=O) groups is 4. The Morgan fingerprint density at radius 3 is 2.70 bits per heavy atom. The van der Waals surface area contributed by atoms with Crippen molar-refractivity contribution in [1.29, 1.82) is 0 Å². The zero-order chi connectivity index (χ0) is 24.3. The van der Waals surface area contributed by atoms with Crippen molar-refractivity contribution in [1.82, 2.24) is 15.3 Å². The summed E-state index contributed by atoms with van der Waals surface area (Å²) in [5, 5.41) is 16.2. The Kier molecular flexibility index (Phi) is 7.12. The van der Waals surface area contributed by atoms with Crippen LogP contribution in [0.4, 0.5) is 4.79 Å². The average molecular weight is 504 g/mol. The zero-order valence-corrected chi connectivity index (χ0v) is 18.4. The zero-order valence-electron chi connectivity index (χ0n) is 16.7. The average Bonchev–Trinajstić information content (AvgIpc) is 3.26. The largest absolute Gasteiger partial charge is 0.477 e. The summed E-state index contributed by atoms with van der Waals surface area (Å²) in [5.41, 5.74) is -0.649. The van der Waals surface area contributed by atoms with Gasteiger partial charge in [-0.1, -0.05) is 5.16 Å². The molecule has 0 saturated carbocycles. The summed E-state index contributed by atoms with van der Waals surface area (Å²) < 4.78 is 20.5. The van der Waals surface area contributed by atoms with Crippen LogP contribution in [-0.2, 0) is 28.5 Å². The van der Waals surface area contributed by atoms with E-state index in [1.165, 1.54) is 30.6 Å². The third-order valence-corrected chi connectivity index (χ3v) is 6.12. The van der Waals surface area contributed by atoms with E-state index in [0.717, 1.165) is 16.7 Å². The molecule has 1 unspecified atom stereocenters. The van der Waals surface area contributed by atoms with Crippen molar-refractivity contribution in [2.45, 2.75) is 11.4 Å². The van der Waals surface area contributed by atoms with Crippen LogP contribution in [0, 0.1) is 0 Å². The standard InChI is InChI=1S/C16H17N4O11PS/c1-29-18-9(8-3-2-4-30-8)12(21)17-10-13(22)20-11(15(23)24)7(6-33-14(10)20)5-31-16(25)19-32(26,27)28/h2-4,10,14H,5-6H2,1H3,(H,17,21)(H,23,24)(H3,19,25,26,27,28)/t10?,14-/m0/s1. The smallest absolute Gasteiger partial charge is 0.432 e. The Balaban J connectivity index is 1.72. The molecule has 3 heterocycles. The number of ether oxygens (including phenoxy) is 1. The van der Waals surface area contributed by atoms with E-state index in [4.69, 9.17) is 14.2 Å². The lowest BCUT2D eigenvalue weighted by atomic mass is 10.0. The van der Waals surface area contributed by atoms with Gasteiger partial charge >= 0.3 is 19.8 Å². The highest BCUT2D eigenvalue weighted by Gasteiger charge is 2.54. The number of hydrogen-bond acceptors (Lipinski definition) is 10. The second kappa shape index (κ2) is 9.66. The number of β-lactam (4-membered cyclic amide) rings is 1. The molecule has 2 aliphatic heterocycles. The summed E-state index contributed by atoms with van der Waals surface area (Å²) in [6, 6.07) is 1.91. The van der Waals surface area contributed by atoms with Gasteiger partial charge in [-0.25, -0.2) is 19.2 Å². The first-order valence-corrected chi connectivity index (χ1v) is 11.6. The van der Waals surface area contributed by atoms with Gasteiger partial charge in [0.2, 0.25) is 5.71 Å². The van der Waals surface area contributed by atoms with Crippen LogP contribution in [0.15, 0.2) is 39.2 Å². The fraction of sp³-hybridized carbons (Fsp3) is 0.312. The quantitative estimate of drug-likeness (QED) is 0.127. The minimum atomic E-state index is -4.89. The van der Waals surface area contributed by atoms with Gasteiger partial charge in [0, 0.05) is 11.3 Å². The summed E-state index contributed by atoms with van der Waals surface area (Å²) in [4.78, 5) is 71.5. The van der Waals surface area contributed by atoms with E-state index in [-0.39, 0.29) is 22.8 Å². The van der Waals surface area contributed by atoms with Crippen LogP contribution < -0.4 is 10.4 Å². The fourth-order valence-corrected chi connectivity index (χ4v) is 4.64. The maximum absolute atomic E-state index is 12.7. The number of aliphatic carboxylic acids is 1. The molecule has 1 aromatic heterocycles. The molecule has 5 N–H and O–H groups in total. The van der Waals surface area contributed by atoms with Crippen molar-refractivity contribution in [3.05, 3.63) is 35.4 Å². The molecule has 3 amide bonds. The molecule has 1 fully saturated rings. The van der Waals surface area contributed by atoms with Crippen LogP contribution >= 0.6 is 19.5 Å². The number of amides is 3. The number of nitrogens with zero attached hydrogens (tertiary/aromatic N) is 2. The molecule has 0 radical (unpaired) electrons. The topological polar surface area (TPSA) is 217 Å². The first kappa shape index (κ1) is 24.3. The molecular formula is C16H17N4O11PS. The van der Waals surface area contributed by atoms with Crippen LogP contribution in [0.1, 0.15) is 5.76 Å². The van der Waals surface area contributed by atoms with Gasteiger partial charge < -0.3 is 34.2 Å². The fourth-order valence-electron chi connectivity index (χ4n) is 3.01. The van der Waals surface area contributed by atoms with Crippen LogP contribution in [0.2, 0.25) is 0 Å². The lowest BCUT2D eigenvalue weighted by molar-refractivity contribution is -0.150. The number of thioether (sulfide) groups is 1. The van der Waals surface area contributed by atoms with Crippen LogP contribution in [-0.4, -0.2) is 80.3 Å². The first-order chi connectivity index (χ1) is 15.5. The third-order valence-electron chi connectivity index (χ3n) is 4.30. The number of fused-ring (bicyclic) bond motifs is 1. The molecule has 178 valence electrons. The predicted octanol–water partition coefficient (Wildman–Crippen LogP) is -0.812. The lowest BCUT2D eigenvalue weighted by Gasteiger charge is -2.49. The minimum Gasteiger partial charge on any atom is -0.477 e. The highest BCUT2D eigenvalue weighted by molar-refractivity contribution is 8.00. The molecule has 17 heteroatoms. The van der Waals surface area contributed by atoms with E-state index >= 15 is 0 Å². The highest BCUT2D eigenvalue weighted by Crippen LogP contribution is 2.40. The number of carbonyl (C=O) groups excluding carboxylic acids is 3. The Morgan fingerprint density at radius 2 is 2.12 bits per heavy atom. The minimum absolute atomic E-state index is 0.00282. The monoisotopic (exact) mass is 504 g/mol. The second-order valence-corrected chi connectivity index (χ2v) is 8.87. The van der Waals surface area contributed by atoms with Gasteiger partial charge in [-0.15, -0.1) is 11.8 Å². The number of hydrogen-bond donors (Lipinski definition) is 5. The summed E-state index contributed by atoms with van der Waals surface area (Å²) >= 11 is 1.09. The maximum Gasteiger partial charge on any atom is 0.432 e. The van der Waals surface area contributed by atoms with Crippen LogP contribution in [0.3, 0.4) is 0 Å². The Bertz CT molecular complexity index is 1080. The van der Waals surface area contributed by atoms with Crippen LogP contribution in [0.25, 0.3) is 0 Å². The van der Waals surface area contributed by atoms with Crippen LogP contribution in [0.5, 0.6) is 0 Å².